The lowest BCUT2D eigenvalue weighted by Crippen LogP contribution is -2.51. The Morgan fingerprint density at radius 3 is 1.26 bits per heavy atom. The van der Waals surface area contributed by atoms with E-state index in [4.69, 9.17) is 19.4 Å². The third-order valence-electron chi connectivity index (χ3n) is 10.7. The van der Waals surface area contributed by atoms with Gasteiger partial charge < -0.3 is 39.9 Å². The number of alkyl carbamates (subject to hydrolysis) is 2. The standard InChI is InChI=1S/C44H58N8O6/c1-25(2)37(49-43(55)57-27(5)6)41(53)51-21-9-11-35(51)39-45-23-33(47-39)31-17-13-29(14-18-31)30-15-19-32(20-16-30)34-24-46-40(48-34)36-12-10-22-52(36)42(54)38(26(3)4)50-44(56)58-28(7)8/h13-20,23-28,35-38H,9-12,21-22H2,1-8H3,(H,45,47)(H,46,48)(H,49,55)(H,50,56). The van der Waals surface area contributed by atoms with Crippen LogP contribution in [-0.2, 0) is 19.1 Å². The fraction of sp³-hybridized carbons (Fsp3) is 0.500. The van der Waals surface area contributed by atoms with Crippen molar-refractivity contribution in [2.24, 2.45) is 11.8 Å². The number of ether oxygens (including phenoxy) is 2. The molecule has 14 nitrogen and oxygen atoms in total. The largest absolute Gasteiger partial charge is 0.447 e. The Bertz CT molecular complexity index is 1890. The number of amides is 4. The van der Waals surface area contributed by atoms with E-state index in [2.05, 4.69) is 69.1 Å². The topological polar surface area (TPSA) is 175 Å². The summed E-state index contributed by atoms with van der Waals surface area (Å²) >= 11 is 0. The molecule has 2 fully saturated rings. The van der Waals surface area contributed by atoms with Crippen molar-refractivity contribution >= 4 is 24.0 Å². The van der Waals surface area contributed by atoms with Gasteiger partial charge in [-0.25, -0.2) is 19.6 Å². The van der Waals surface area contributed by atoms with Crippen molar-refractivity contribution in [3.63, 3.8) is 0 Å². The number of aromatic nitrogens is 4. The summed E-state index contributed by atoms with van der Waals surface area (Å²) in [5.74, 6) is 0.950. The smallest absolute Gasteiger partial charge is 0.408 e. The minimum atomic E-state index is -0.698. The number of H-pyrrole nitrogens is 2. The van der Waals surface area contributed by atoms with Crippen molar-refractivity contribution in [1.82, 2.24) is 40.4 Å². The van der Waals surface area contributed by atoms with Gasteiger partial charge in [0.25, 0.3) is 0 Å². The Hall–Kier alpha value is -5.66. The number of rotatable bonds is 13. The van der Waals surface area contributed by atoms with Crippen LogP contribution < -0.4 is 10.6 Å². The van der Waals surface area contributed by atoms with Gasteiger partial charge in [0.15, 0.2) is 0 Å². The van der Waals surface area contributed by atoms with Crippen molar-refractivity contribution in [2.75, 3.05) is 13.1 Å². The first-order valence-corrected chi connectivity index (χ1v) is 20.6. The monoisotopic (exact) mass is 794 g/mol. The van der Waals surface area contributed by atoms with Gasteiger partial charge in [-0.3, -0.25) is 9.59 Å². The molecular formula is C44H58N8O6. The Morgan fingerprint density at radius 1 is 0.586 bits per heavy atom. The summed E-state index contributed by atoms with van der Waals surface area (Å²) in [4.78, 5) is 72.1. The maximum Gasteiger partial charge on any atom is 0.408 e. The zero-order valence-corrected chi connectivity index (χ0v) is 34.9. The van der Waals surface area contributed by atoms with Gasteiger partial charge in [0.1, 0.15) is 23.7 Å². The minimum Gasteiger partial charge on any atom is -0.447 e. The predicted molar refractivity (Wildman–Crippen MR) is 221 cm³/mol. The number of carbonyl (C=O) groups excluding carboxylic acids is 4. The molecule has 2 aliphatic rings. The van der Waals surface area contributed by atoms with E-state index in [1.54, 1.807) is 40.1 Å². The van der Waals surface area contributed by atoms with E-state index in [0.717, 1.165) is 71.0 Å². The number of benzene rings is 2. The molecule has 2 aromatic carbocycles. The summed E-state index contributed by atoms with van der Waals surface area (Å²) in [6.45, 7) is 15.9. The second-order valence-electron chi connectivity index (χ2n) is 16.5. The molecule has 58 heavy (non-hydrogen) atoms. The highest BCUT2D eigenvalue weighted by Gasteiger charge is 2.39. The molecule has 2 saturated heterocycles. The average molecular weight is 795 g/mol. The number of imidazole rings is 2. The van der Waals surface area contributed by atoms with Crippen molar-refractivity contribution in [3.8, 4) is 33.6 Å². The summed E-state index contributed by atoms with van der Waals surface area (Å²) in [6, 6.07) is 14.7. The van der Waals surface area contributed by atoms with Crippen molar-refractivity contribution in [1.29, 1.82) is 0 Å². The molecule has 310 valence electrons. The quantitative estimate of drug-likeness (QED) is 0.106. The van der Waals surface area contributed by atoms with Crippen LogP contribution >= 0.6 is 0 Å². The maximum absolute atomic E-state index is 13.7. The number of nitrogens with one attached hydrogen (secondary N) is 4. The second-order valence-corrected chi connectivity index (χ2v) is 16.5. The van der Waals surface area contributed by atoms with E-state index in [0.29, 0.717) is 13.1 Å². The third-order valence-corrected chi connectivity index (χ3v) is 10.7. The summed E-state index contributed by atoms with van der Waals surface area (Å²) in [7, 11) is 0. The van der Waals surface area contributed by atoms with Crippen LogP contribution in [0.25, 0.3) is 33.6 Å². The Labute approximate surface area is 340 Å². The molecule has 0 spiro atoms. The van der Waals surface area contributed by atoms with Crippen LogP contribution in [0.15, 0.2) is 60.9 Å². The molecule has 2 aliphatic heterocycles. The molecule has 0 radical (unpaired) electrons. The molecule has 4 heterocycles. The lowest BCUT2D eigenvalue weighted by Gasteiger charge is -2.30. The lowest BCUT2D eigenvalue weighted by molar-refractivity contribution is -0.136. The van der Waals surface area contributed by atoms with Gasteiger partial charge in [-0.2, -0.15) is 0 Å². The molecule has 4 unspecified atom stereocenters. The predicted octanol–water partition coefficient (Wildman–Crippen LogP) is 7.78. The molecule has 6 rings (SSSR count). The Kier molecular flexibility index (Phi) is 13.2. The number of nitrogens with zero attached hydrogens (tertiary/aromatic N) is 4. The molecule has 0 aliphatic carbocycles. The molecular weight excluding hydrogens is 737 g/mol. The summed E-state index contributed by atoms with van der Waals surface area (Å²) in [6.07, 6.45) is 5.11. The van der Waals surface area contributed by atoms with E-state index in [1.807, 2.05) is 37.5 Å². The second kappa shape index (κ2) is 18.3. The zero-order valence-electron chi connectivity index (χ0n) is 34.9. The van der Waals surface area contributed by atoms with Gasteiger partial charge in [0.2, 0.25) is 11.8 Å². The molecule has 0 bridgehead atoms. The molecule has 0 saturated carbocycles. The van der Waals surface area contributed by atoms with E-state index in [1.165, 1.54) is 0 Å². The summed E-state index contributed by atoms with van der Waals surface area (Å²) in [5.41, 5.74) is 5.78. The fourth-order valence-corrected chi connectivity index (χ4v) is 7.75. The summed E-state index contributed by atoms with van der Waals surface area (Å²) < 4.78 is 10.5. The first kappa shape index (κ1) is 42.0. The third kappa shape index (κ3) is 9.71. The average Bonchev–Trinajstić information content (AvgIpc) is 4.01. The van der Waals surface area contributed by atoms with Crippen molar-refractivity contribution in [2.45, 2.75) is 117 Å². The first-order valence-electron chi connectivity index (χ1n) is 20.6. The van der Waals surface area contributed by atoms with E-state index in [9.17, 15) is 19.2 Å². The van der Waals surface area contributed by atoms with Crippen molar-refractivity contribution in [3.05, 3.63) is 72.6 Å². The van der Waals surface area contributed by atoms with Crippen LogP contribution in [0.3, 0.4) is 0 Å². The van der Waals surface area contributed by atoms with Crippen LogP contribution in [0.5, 0.6) is 0 Å². The Balaban J connectivity index is 1.09. The molecule has 2 aromatic heterocycles. The molecule has 4 aromatic rings. The van der Waals surface area contributed by atoms with Crippen molar-refractivity contribution < 1.29 is 28.7 Å². The number of aromatic amines is 2. The van der Waals surface area contributed by atoms with E-state index < -0.39 is 24.3 Å². The van der Waals surface area contributed by atoms with Gasteiger partial charge in [-0.15, -0.1) is 0 Å². The highest BCUT2D eigenvalue weighted by Crippen LogP contribution is 2.35. The zero-order chi connectivity index (χ0) is 41.7. The van der Waals surface area contributed by atoms with Crippen LogP contribution in [0.1, 0.15) is 105 Å². The minimum absolute atomic E-state index is 0.114. The number of carbonyl (C=O) groups is 4. The first-order chi connectivity index (χ1) is 27.7. The van der Waals surface area contributed by atoms with Crippen LogP contribution in [-0.4, -0.2) is 91.1 Å². The maximum atomic E-state index is 13.7. The number of hydrogen-bond acceptors (Lipinski definition) is 8. The normalized spacial score (nSPS) is 17.9. The lowest BCUT2D eigenvalue weighted by atomic mass is 10.0. The van der Waals surface area contributed by atoms with E-state index >= 15 is 0 Å². The highest BCUT2D eigenvalue weighted by atomic mass is 16.6. The SMILES string of the molecule is CC(C)OC(=O)NC(C(=O)N1CCCC1c1ncc(-c2ccc(-c3ccc(-c4cnc(C5CCCN5C(=O)C(NC(=O)OC(C)C)C(C)C)[nH]4)cc3)cc2)[nH]1)C(C)C. The number of likely N-dealkylation sites (tertiary alicyclic amines) is 2. The molecule has 4 atom stereocenters. The van der Waals surface area contributed by atoms with Crippen LogP contribution in [0.2, 0.25) is 0 Å². The van der Waals surface area contributed by atoms with Gasteiger partial charge in [0, 0.05) is 13.1 Å². The highest BCUT2D eigenvalue weighted by molar-refractivity contribution is 5.87. The van der Waals surface area contributed by atoms with Gasteiger partial charge in [-0.1, -0.05) is 76.2 Å². The molecule has 4 amide bonds. The Morgan fingerprint density at radius 2 is 0.931 bits per heavy atom. The van der Waals surface area contributed by atoms with E-state index in [-0.39, 0.29) is 47.9 Å². The van der Waals surface area contributed by atoms with Gasteiger partial charge in [-0.05, 0) is 87.5 Å². The summed E-state index contributed by atoms with van der Waals surface area (Å²) in [5, 5.41) is 5.55. The fourth-order valence-electron chi connectivity index (χ4n) is 7.75. The van der Waals surface area contributed by atoms with Gasteiger partial charge >= 0.3 is 12.2 Å². The van der Waals surface area contributed by atoms with Crippen LogP contribution in [0, 0.1) is 11.8 Å². The van der Waals surface area contributed by atoms with Crippen LogP contribution in [0.4, 0.5) is 9.59 Å². The number of hydrogen-bond donors (Lipinski definition) is 4. The molecule has 4 N–H and O–H groups in total. The molecule has 14 heteroatoms. The van der Waals surface area contributed by atoms with Gasteiger partial charge in [0.05, 0.1) is 48.1 Å².